The lowest BCUT2D eigenvalue weighted by Crippen LogP contribution is -2.44. The Morgan fingerprint density at radius 3 is 2.40 bits per heavy atom. The molecule has 0 bridgehead atoms. The Morgan fingerprint density at radius 2 is 1.88 bits per heavy atom. The van der Waals surface area contributed by atoms with Gasteiger partial charge in [0.05, 0.1) is 12.6 Å². The van der Waals surface area contributed by atoms with Crippen molar-refractivity contribution in [3.8, 4) is 5.75 Å². The van der Waals surface area contributed by atoms with E-state index in [1.54, 1.807) is 0 Å². The van der Waals surface area contributed by atoms with E-state index < -0.39 is 12.0 Å². The molecule has 0 heterocycles. The number of nitrogens with two attached hydrogens (primary N) is 1. The van der Waals surface area contributed by atoms with Crippen molar-refractivity contribution in [3.63, 3.8) is 0 Å². The highest BCUT2D eigenvalue weighted by atomic mass is 16.5. The molecule has 0 unspecified atom stereocenters. The molecule has 0 aliphatic heterocycles. The number of nitrogens with one attached hydrogen (secondary N) is 1. The molecular weight excluding hydrogens is 320 g/mol. The summed E-state index contributed by atoms with van der Waals surface area (Å²) in [7, 11) is 0. The number of aliphatic carboxylic acids is 1. The number of hydrogen-bond donors (Lipinski definition) is 3. The predicted octanol–water partition coefficient (Wildman–Crippen LogP) is 2.21. The third kappa shape index (κ3) is 8.54. The molecule has 1 rings (SSSR count). The molecule has 1 amide bonds. The molecule has 0 aliphatic rings. The van der Waals surface area contributed by atoms with Gasteiger partial charge < -0.3 is 20.9 Å². The minimum absolute atomic E-state index is 0.0482. The van der Waals surface area contributed by atoms with Gasteiger partial charge in [-0.3, -0.25) is 9.59 Å². The summed E-state index contributed by atoms with van der Waals surface area (Å²) < 4.78 is 5.38. The SMILES string of the molecule is CCOc1ccc(C[C@@H](N)C(=O)NC[C@H](CC(=O)O)CC(C)C)cc1. The zero-order valence-corrected chi connectivity index (χ0v) is 15.3. The van der Waals surface area contributed by atoms with Crippen molar-refractivity contribution in [2.45, 2.75) is 46.1 Å². The summed E-state index contributed by atoms with van der Waals surface area (Å²) in [4.78, 5) is 23.1. The van der Waals surface area contributed by atoms with Crippen LogP contribution in [0.1, 0.15) is 39.2 Å². The van der Waals surface area contributed by atoms with Crippen LogP contribution < -0.4 is 15.8 Å². The molecule has 140 valence electrons. The van der Waals surface area contributed by atoms with Crippen LogP contribution in [0.3, 0.4) is 0 Å². The Morgan fingerprint density at radius 1 is 1.24 bits per heavy atom. The molecule has 2 atom stereocenters. The van der Waals surface area contributed by atoms with E-state index in [4.69, 9.17) is 15.6 Å². The first-order valence-corrected chi connectivity index (χ1v) is 8.78. The monoisotopic (exact) mass is 350 g/mol. The fourth-order valence-corrected chi connectivity index (χ4v) is 2.76. The number of amides is 1. The van der Waals surface area contributed by atoms with Crippen LogP contribution in [0.4, 0.5) is 0 Å². The summed E-state index contributed by atoms with van der Waals surface area (Å²) >= 11 is 0. The zero-order chi connectivity index (χ0) is 18.8. The summed E-state index contributed by atoms with van der Waals surface area (Å²) in [5.41, 5.74) is 6.93. The van der Waals surface area contributed by atoms with Crippen molar-refractivity contribution in [2.75, 3.05) is 13.2 Å². The van der Waals surface area contributed by atoms with Crippen molar-refractivity contribution in [1.82, 2.24) is 5.32 Å². The van der Waals surface area contributed by atoms with Crippen molar-refractivity contribution in [1.29, 1.82) is 0 Å². The molecular formula is C19H30N2O4. The van der Waals surface area contributed by atoms with Crippen molar-refractivity contribution in [3.05, 3.63) is 29.8 Å². The number of rotatable bonds is 11. The first kappa shape index (κ1) is 21.0. The highest BCUT2D eigenvalue weighted by Crippen LogP contribution is 2.15. The molecule has 0 fully saturated rings. The van der Waals surface area contributed by atoms with Gasteiger partial charge in [-0.1, -0.05) is 26.0 Å². The standard InChI is InChI=1S/C19H30N2O4/c1-4-25-16-7-5-14(6-8-16)10-17(20)19(24)21-12-15(9-13(2)3)11-18(22)23/h5-8,13,15,17H,4,9-12,20H2,1-3H3,(H,21,24)(H,22,23)/t15-,17+/m0/s1. The topological polar surface area (TPSA) is 102 Å². The fourth-order valence-electron chi connectivity index (χ4n) is 2.76. The van der Waals surface area contributed by atoms with Crippen LogP contribution in [0.15, 0.2) is 24.3 Å². The first-order valence-electron chi connectivity index (χ1n) is 8.78. The van der Waals surface area contributed by atoms with Gasteiger partial charge in [0, 0.05) is 13.0 Å². The van der Waals surface area contributed by atoms with Crippen LogP contribution in [0, 0.1) is 11.8 Å². The zero-order valence-electron chi connectivity index (χ0n) is 15.3. The van der Waals surface area contributed by atoms with Crippen LogP contribution in [-0.4, -0.2) is 36.2 Å². The van der Waals surface area contributed by atoms with Crippen LogP contribution in [0.5, 0.6) is 5.75 Å². The molecule has 0 saturated heterocycles. The summed E-state index contributed by atoms with van der Waals surface area (Å²) in [5, 5.41) is 11.8. The number of carboxylic acid groups (broad SMARTS) is 1. The van der Waals surface area contributed by atoms with Crippen molar-refractivity contribution >= 4 is 11.9 Å². The Balaban J connectivity index is 2.50. The quantitative estimate of drug-likeness (QED) is 0.568. The molecule has 1 aromatic rings. The van der Waals surface area contributed by atoms with Gasteiger partial charge in [0.15, 0.2) is 0 Å². The molecule has 4 N–H and O–H groups in total. The minimum Gasteiger partial charge on any atom is -0.494 e. The lowest BCUT2D eigenvalue weighted by Gasteiger charge is -2.19. The smallest absolute Gasteiger partial charge is 0.303 e. The molecule has 1 aromatic carbocycles. The predicted molar refractivity (Wildman–Crippen MR) is 97.5 cm³/mol. The number of carboxylic acids is 1. The Bertz CT molecular complexity index is 543. The number of benzene rings is 1. The van der Waals surface area contributed by atoms with Gasteiger partial charge >= 0.3 is 5.97 Å². The van der Waals surface area contributed by atoms with Gasteiger partial charge in [0.2, 0.25) is 5.91 Å². The van der Waals surface area contributed by atoms with Gasteiger partial charge in [-0.25, -0.2) is 0 Å². The van der Waals surface area contributed by atoms with E-state index in [0.717, 1.165) is 17.7 Å². The number of hydrogen-bond acceptors (Lipinski definition) is 4. The maximum absolute atomic E-state index is 12.2. The summed E-state index contributed by atoms with van der Waals surface area (Å²) in [6, 6.07) is 6.83. The van der Waals surface area contributed by atoms with Gasteiger partial charge in [-0.05, 0) is 49.3 Å². The number of ether oxygens (including phenoxy) is 1. The van der Waals surface area contributed by atoms with E-state index in [2.05, 4.69) is 5.32 Å². The molecule has 6 nitrogen and oxygen atoms in total. The summed E-state index contributed by atoms with van der Waals surface area (Å²) in [6.45, 7) is 6.93. The molecule has 0 saturated carbocycles. The van der Waals surface area contributed by atoms with E-state index in [1.165, 1.54) is 0 Å². The average molecular weight is 350 g/mol. The molecule has 6 heteroatoms. The number of carbonyl (C=O) groups is 2. The average Bonchev–Trinajstić information content (AvgIpc) is 2.53. The van der Waals surface area contributed by atoms with Crippen LogP contribution in [-0.2, 0) is 16.0 Å². The minimum atomic E-state index is -0.849. The Labute approximate surface area is 149 Å². The second kappa shape index (κ2) is 10.7. The first-order chi connectivity index (χ1) is 11.8. The second-order valence-electron chi connectivity index (χ2n) is 6.73. The van der Waals surface area contributed by atoms with Crippen LogP contribution in [0.2, 0.25) is 0 Å². The van der Waals surface area contributed by atoms with Gasteiger partial charge in [-0.2, -0.15) is 0 Å². The normalized spacial score (nSPS) is 13.3. The van der Waals surface area contributed by atoms with Gasteiger partial charge in [0.1, 0.15) is 5.75 Å². The van der Waals surface area contributed by atoms with E-state index in [-0.39, 0.29) is 18.2 Å². The van der Waals surface area contributed by atoms with Crippen molar-refractivity contribution in [2.24, 2.45) is 17.6 Å². The van der Waals surface area contributed by atoms with E-state index >= 15 is 0 Å². The third-order valence-electron chi connectivity index (χ3n) is 3.86. The highest BCUT2D eigenvalue weighted by molar-refractivity contribution is 5.81. The molecule has 0 aromatic heterocycles. The molecule has 0 spiro atoms. The summed E-state index contributed by atoms with van der Waals surface area (Å²) in [5.74, 6) is -0.0287. The molecule has 0 aliphatic carbocycles. The molecule has 25 heavy (non-hydrogen) atoms. The van der Waals surface area contributed by atoms with Crippen LogP contribution in [0.25, 0.3) is 0 Å². The largest absolute Gasteiger partial charge is 0.494 e. The Hall–Kier alpha value is -2.08. The highest BCUT2D eigenvalue weighted by Gasteiger charge is 2.19. The second-order valence-corrected chi connectivity index (χ2v) is 6.73. The molecule has 0 radical (unpaired) electrons. The van der Waals surface area contributed by atoms with Gasteiger partial charge in [-0.15, -0.1) is 0 Å². The number of carbonyl (C=O) groups excluding carboxylic acids is 1. The van der Waals surface area contributed by atoms with Gasteiger partial charge in [0.25, 0.3) is 0 Å². The fraction of sp³-hybridized carbons (Fsp3) is 0.579. The maximum Gasteiger partial charge on any atom is 0.303 e. The van der Waals surface area contributed by atoms with E-state index in [0.29, 0.717) is 25.5 Å². The summed E-state index contributed by atoms with van der Waals surface area (Å²) in [6.07, 6.45) is 1.22. The Kier molecular flexibility index (Phi) is 8.99. The van der Waals surface area contributed by atoms with Crippen molar-refractivity contribution < 1.29 is 19.4 Å². The lowest BCUT2D eigenvalue weighted by molar-refractivity contribution is -0.138. The van der Waals surface area contributed by atoms with Crippen LogP contribution >= 0.6 is 0 Å². The lowest BCUT2D eigenvalue weighted by atomic mass is 9.94. The maximum atomic E-state index is 12.2. The van der Waals surface area contributed by atoms with E-state index in [1.807, 2.05) is 45.0 Å². The third-order valence-corrected chi connectivity index (χ3v) is 3.86. The van der Waals surface area contributed by atoms with E-state index in [9.17, 15) is 9.59 Å².